The largest absolute Gasteiger partial charge is 0.373 e. The molecule has 0 bridgehead atoms. The molecule has 2 unspecified atom stereocenters. The van der Waals surface area contributed by atoms with Crippen LogP contribution in [0, 0.1) is 12.8 Å². The van der Waals surface area contributed by atoms with Crippen LogP contribution in [0.3, 0.4) is 0 Å². The van der Waals surface area contributed by atoms with Crippen LogP contribution in [-0.4, -0.2) is 32.7 Å². The number of rotatable bonds is 6. The van der Waals surface area contributed by atoms with Crippen LogP contribution in [0.1, 0.15) is 35.6 Å². The second-order valence-corrected chi connectivity index (χ2v) is 7.22. The summed E-state index contributed by atoms with van der Waals surface area (Å²) >= 11 is 0. The third kappa shape index (κ3) is 6.78. The number of ether oxygens (including phenoxy) is 1. The van der Waals surface area contributed by atoms with E-state index in [9.17, 15) is 0 Å². The summed E-state index contributed by atoms with van der Waals surface area (Å²) in [4.78, 5) is 4.37. The number of benzene rings is 2. The lowest BCUT2D eigenvalue weighted by molar-refractivity contribution is -0.0265. The summed E-state index contributed by atoms with van der Waals surface area (Å²) < 4.78 is 6.12. The second-order valence-electron chi connectivity index (χ2n) is 7.22. The Morgan fingerprint density at radius 3 is 2.54 bits per heavy atom. The van der Waals surface area contributed by atoms with Crippen molar-refractivity contribution in [1.29, 1.82) is 0 Å². The summed E-state index contributed by atoms with van der Waals surface area (Å²) in [7, 11) is 1.83. The number of hydrogen-bond acceptors (Lipinski definition) is 2. The van der Waals surface area contributed by atoms with Gasteiger partial charge in [-0.1, -0.05) is 60.2 Å². The van der Waals surface area contributed by atoms with Gasteiger partial charge in [-0.25, -0.2) is 0 Å². The van der Waals surface area contributed by atoms with Crippen molar-refractivity contribution in [2.24, 2.45) is 10.9 Å². The minimum absolute atomic E-state index is 0. The van der Waals surface area contributed by atoms with Crippen LogP contribution in [-0.2, 0) is 11.2 Å². The van der Waals surface area contributed by atoms with Crippen LogP contribution in [0.4, 0.5) is 0 Å². The first-order chi connectivity index (χ1) is 13.3. The first kappa shape index (κ1) is 22.7. The van der Waals surface area contributed by atoms with Crippen LogP contribution in [0.2, 0.25) is 0 Å². The fourth-order valence-electron chi connectivity index (χ4n) is 3.60. The second kappa shape index (κ2) is 12.1. The van der Waals surface area contributed by atoms with E-state index in [1.807, 2.05) is 13.1 Å². The number of hydrogen-bond donors (Lipinski definition) is 2. The van der Waals surface area contributed by atoms with Gasteiger partial charge in [-0.3, -0.25) is 4.99 Å². The van der Waals surface area contributed by atoms with Gasteiger partial charge in [0.15, 0.2) is 5.96 Å². The summed E-state index contributed by atoms with van der Waals surface area (Å²) in [5.41, 5.74) is 3.90. The molecule has 152 valence electrons. The van der Waals surface area contributed by atoms with Gasteiger partial charge in [0.1, 0.15) is 0 Å². The van der Waals surface area contributed by atoms with Gasteiger partial charge in [-0.15, -0.1) is 24.0 Å². The highest BCUT2D eigenvalue weighted by atomic mass is 127. The molecule has 5 heteroatoms. The van der Waals surface area contributed by atoms with E-state index in [1.165, 1.54) is 23.1 Å². The zero-order valence-electron chi connectivity index (χ0n) is 16.9. The van der Waals surface area contributed by atoms with Gasteiger partial charge in [-0.05, 0) is 37.3 Å². The normalized spacial score (nSPS) is 19.6. The lowest BCUT2D eigenvalue weighted by Gasteiger charge is -2.32. The highest BCUT2D eigenvalue weighted by molar-refractivity contribution is 14.0. The Bertz CT molecular complexity index is 718. The first-order valence-corrected chi connectivity index (χ1v) is 9.93. The van der Waals surface area contributed by atoms with Gasteiger partial charge < -0.3 is 15.4 Å². The maximum absolute atomic E-state index is 6.12. The molecule has 2 aromatic rings. The quantitative estimate of drug-likeness (QED) is 0.354. The van der Waals surface area contributed by atoms with Crippen molar-refractivity contribution in [3.63, 3.8) is 0 Å². The van der Waals surface area contributed by atoms with E-state index in [1.54, 1.807) is 0 Å². The van der Waals surface area contributed by atoms with E-state index >= 15 is 0 Å². The molecule has 1 heterocycles. The third-order valence-electron chi connectivity index (χ3n) is 5.15. The van der Waals surface area contributed by atoms with E-state index in [4.69, 9.17) is 4.74 Å². The Morgan fingerprint density at radius 2 is 1.82 bits per heavy atom. The maximum Gasteiger partial charge on any atom is 0.190 e. The van der Waals surface area contributed by atoms with Gasteiger partial charge in [0, 0.05) is 32.7 Å². The molecule has 1 aliphatic heterocycles. The molecule has 0 spiro atoms. The van der Waals surface area contributed by atoms with Crippen LogP contribution in [0.5, 0.6) is 0 Å². The van der Waals surface area contributed by atoms with Gasteiger partial charge >= 0.3 is 0 Å². The molecule has 2 atom stereocenters. The van der Waals surface area contributed by atoms with Gasteiger partial charge in [0.25, 0.3) is 0 Å². The Labute approximate surface area is 186 Å². The minimum atomic E-state index is 0. The number of halogens is 1. The Hall–Kier alpha value is -1.60. The molecule has 2 N–H and O–H groups in total. The lowest BCUT2D eigenvalue weighted by atomic mass is 9.89. The van der Waals surface area contributed by atoms with Gasteiger partial charge in [0.05, 0.1) is 6.10 Å². The maximum atomic E-state index is 6.12. The molecule has 0 radical (unpaired) electrons. The standard InChI is InChI=1S/C23H31N3O.HI/c1-18-10-12-20(13-11-18)22-21(9-6-16-27-22)17-26-23(24-2)25-15-14-19-7-4-3-5-8-19;/h3-5,7-8,10-13,21-22H,6,9,14-17H2,1-2H3,(H2,24,25,26);1H. The first-order valence-electron chi connectivity index (χ1n) is 9.93. The minimum Gasteiger partial charge on any atom is -0.373 e. The molecule has 1 saturated heterocycles. The molecule has 0 saturated carbocycles. The molecular formula is C23H32IN3O. The van der Waals surface area contributed by atoms with Crippen LogP contribution < -0.4 is 10.6 Å². The molecule has 0 amide bonds. The molecule has 0 aliphatic carbocycles. The smallest absolute Gasteiger partial charge is 0.190 e. The number of nitrogens with one attached hydrogen (secondary N) is 2. The molecule has 1 aliphatic rings. The predicted molar refractivity (Wildman–Crippen MR) is 128 cm³/mol. The van der Waals surface area contributed by atoms with Crippen molar-refractivity contribution in [2.75, 3.05) is 26.7 Å². The van der Waals surface area contributed by atoms with Gasteiger partial charge in [0.2, 0.25) is 0 Å². The number of guanidine groups is 1. The van der Waals surface area contributed by atoms with Crippen molar-refractivity contribution >= 4 is 29.9 Å². The Morgan fingerprint density at radius 1 is 1.07 bits per heavy atom. The zero-order chi connectivity index (χ0) is 18.9. The molecule has 1 fully saturated rings. The average Bonchev–Trinajstić information content (AvgIpc) is 2.72. The van der Waals surface area contributed by atoms with E-state index in [0.717, 1.165) is 38.5 Å². The van der Waals surface area contributed by atoms with E-state index in [-0.39, 0.29) is 30.1 Å². The van der Waals surface area contributed by atoms with E-state index in [0.29, 0.717) is 5.92 Å². The molecule has 3 rings (SSSR count). The summed E-state index contributed by atoms with van der Waals surface area (Å²) in [6, 6.07) is 19.3. The molecule has 2 aromatic carbocycles. The highest BCUT2D eigenvalue weighted by Crippen LogP contribution is 2.33. The summed E-state index contributed by atoms with van der Waals surface area (Å²) in [5.74, 6) is 1.31. The summed E-state index contributed by atoms with van der Waals surface area (Å²) in [6.45, 7) is 4.70. The average molecular weight is 493 g/mol. The fraction of sp³-hybridized carbons (Fsp3) is 0.435. The Kier molecular flexibility index (Phi) is 9.78. The van der Waals surface area contributed by atoms with Gasteiger partial charge in [-0.2, -0.15) is 0 Å². The summed E-state index contributed by atoms with van der Waals surface area (Å²) in [5, 5.41) is 6.91. The van der Waals surface area contributed by atoms with Crippen molar-refractivity contribution < 1.29 is 4.74 Å². The number of aryl methyl sites for hydroxylation is 1. The third-order valence-corrected chi connectivity index (χ3v) is 5.15. The Balaban J connectivity index is 0.00000280. The SMILES string of the molecule is CN=C(NCCc1ccccc1)NCC1CCCOC1c1ccc(C)cc1.I. The van der Waals surface area contributed by atoms with Crippen LogP contribution >= 0.6 is 24.0 Å². The van der Waals surface area contributed by atoms with Crippen LogP contribution in [0.25, 0.3) is 0 Å². The number of aliphatic imine (C=N–C) groups is 1. The number of nitrogens with zero attached hydrogens (tertiary/aromatic N) is 1. The molecule has 28 heavy (non-hydrogen) atoms. The highest BCUT2D eigenvalue weighted by Gasteiger charge is 2.27. The molecule has 4 nitrogen and oxygen atoms in total. The summed E-state index contributed by atoms with van der Waals surface area (Å²) in [6.07, 6.45) is 3.44. The van der Waals surface area contributed by atoms with E-state index in [2.05, 4.69) is 71.1 Å². The topological polar surface area (TPSA) is 45.7 Å². The van der Waals surface area contributed by atoms with Crippen LogP contribution in [0.15, 0.2) is 59.6 Å². The molecular weight excluding hydrogens is 461 g/mol. The van der Waals surface area contributed by atoms with Crippen molar-refractivity contribution in [2.45, 2.75) is 32.3 Å². The van der Waals surface area contributed by atoms with Crippen molar-refractivity contribution in [1.82, 2.24) is 10.6 Å². The van der Waals surface area contributed by atoms with E-state index < -0.39 is 0 Å². The lowest BCUT2D eigenvalue weighted by Crippen LogP contribution is -2.42. The monoisotopic (exact) mass is 493 g/mol. The van der Waals surface area contributed by atoms with Crippen molar-refractivity contribution in [3.05, 3.63) is 71.3 Å². The predicted octanol–water partition coefficient (Wildman–Crippen LogP) is 4.49. The fourth-order valence-corrected chi connectivity index (χ4v) is 3.60. The zero-order valence-corrected chi connectivity index (χ0v) is 19.2. The molecule has 0 aromatic heterocycles. The van der Waals surface area contributed by atoms with Crippen molar-refractivity contribution in [3.8, 4) is 0 Å².